The maximum atomic E-state index is 11.3. The average Bonchev–Trinajstić information content (AvgIpc) is 2.35. The van der Waals surface area contributed by atoms with Crippen molar-refractivity contribution in [3.8, 4) is 0 Å². The topological polar surface area (TPSA) is 83.8 Å². The van der Waals surface area contributed by atoms with Crippen LogP contribution in [0, 0.1) is 23.2 Å². The van der Waals surface area contributed by atoms with Gasteiger partial charge in [0.15, 0.2) is 0 Å². The zero-order chi connectivity index (χ0) is 17.4. The van der Waals surface area contributed by atoms with Crippen molar-refractivity contribution in [2.45, 2.75) is 61.5 Å². The molecule has 1 atom stereocenters. The van der Waals surface area contributed by atoms with Gasteiger partial charge in [-0.15, -0.1) is 0 Å². The van der Waals surface area contributed by atoms with Gasteiger partial charge < -0.3 is 14.9 Å². The van der Waals surface area contributed by atoms with Gasteiger partial charge in [0.1, 0.15) is 0 Å². The summed E-state index contributed by atoms with van der Waals surface area (Å²) in [6, 6.07) is 0. The molecule has 5 heteroatoms. The highest BCUT2D eigenvalue weighted by atomic mass is 16.5. The van der Waals surface area contributed by atoms with Gasteiger partial charge in [0.2, 0.25) is 0 Å². The molecule has 0 radical (unpaired) electrons. The van der Waals surface area contributed by atoms with E-state index in [1.165, 1.54) is 0 Å². The maximum absolute atomic E-state index is 11.3. The molecule has 0 saturated carbocycles. The monoisotopic (exact) mass is 304 g/mol. The summed E-state index contributed by atoms with van der Waals surface area (Å²) >= 11 is 0. The fourth-order valence-corrected chi connectivity index (χ4v) is 1.41. The number of rotatable bonds is 6. The Bertz CT molecular complexity index is 319. The van der Waals surface area contributed by atoms with E-state index in [0.29, 0.717) is 0 Å². The molecule has 0 aliphatic rings. The predicted octanol–water partition coefficient (Wildman–Crippen LogP) is 2.96. The van der Waals surface area contributed by atoms with Crippen LogP contribution in [-0.4, -0.2) is 34.9 Å². The molecule has 5 nitrogen and oxygen atoms in total. The summed E-state index contributed by atoms with van der Waals surface area (Å²) in [6.07, 6.45) is -0.461. The third kappa shape index (κ3) is 10.3. The molecule has 0 aliphatic heterocycles. The summed E-state index contributed by atoms with van der Waals surface area (Å²) in [7, 11) is 0. The van der Waals surface area contributed by atoms with Crippen molar-refractivity contribution in [1.82, 2.24) is 0 Å². The minimum Gasteiger partial charge on any atom is -0.481 e. The standard InChI is InChI=1S/C12H24O3.C4H8O2/c1-8(2)10(13)12(5,6)7-15-11(14)9(3)4;1-3(2)4(5)6/h8-10,13H,7H2,1-6H3;3H,1-2H3,(H,5,6). The lowest BCUT2D eigenvalue weighted by Gasteiger charge is -2.32. The number of hydrogen-bond donors (Lipinski definition) is 2. The Morgan fingerprint density at radius 2 is 1.38 bits per heavy atom. The normalized spacial score (nSPS) is 13.0. The van der Waals surface area contributed by atoms with E-state index in [1.807, 2.05) is 27.7 Å². The van der Waals surface area contributed by atoms with Crippen molar-refractivity contribution < 1.29 is 24.5 Å². The summed E-state index contributed by atoms with van der Waals surface area (Å²) in [6.45, 7) is 14.9. The Labute approximate surface area is 128 Å². The largest absolute Gasteiger partial charge is 0.481 e. The molecule has 0 heterocycles. The Morgan fingerprint density at radius 1 is 1.00 bits per heavy atom. The van der Waals surface area contributed by atoms with Gasteiger partial charge in [0.05, 0.1) is 24.5 Å². The fraction of sp³-hybridized carbons (Fsp3) is 0.875. The van der Waals surface area contributed by atoms with Gasteiger partial charge in [-0.05, 0) is 5.92 Å². The number of carboxylic acids is 1. The number of carbonyl (C=O) groups excluding carboxylic acids is 1. The van der Waals surface area contributed by atoms with Crippen LogP contribution in [0.25, 0.3) is 0 Å². The number of esters is 1. The quantitative estimate of drug-likeness (QED) is 0.737. The zero-order valence-corrected chi connectivity index (χ0v) is 14.6. The van der Waals surface area contributed by atoms with Crippen molar-refractivity contribution >= 4 is 11.9 Å². The smallest absolute Gasteiger partial charge is 0.308 e. The molecule has 0 aliphatic carbocycles. The van der Waals surface area contributed by atoms with Gasteiger partial charge in [-0.25, -0.2) is 0 Å². The summed E-state index contributed by atoms with van der Waals surface area (Å²) in [4.78, 5) is 21.0. The molecular formula is C16H32O5. The van der Waals surface area contributed by atoms with E-state index in [0.717, 1.165) is 0 Å². The first-order valence-corrected chi connectivity index (χ1v) is 7.40. The molecule has 21 heavy (non-hydrogen) atoms. The van der Waals surface area contributed by atoms with Crippen LogP contribution in [0.3, 0.4) is 0 Å². The van der Waals surface area contributed by atoms with Crippen LogP contribution >= 0.6 is 0 Å². The Balaban J connectivity index is 0. The number of carboxylic acid groups (broad SMARTS) is 1. The van der Waals surface area contributed by atoms with E-state index >= 15 is 0 Å². The minimum atomic E-state index is -0.741. The van der Waals surface area contributed by atoms with Crippen molar-refractivity contribution in [3.05, 3.63) is 0 Å². The molecule has 1 unspecified atom stereocenters. The molecule has 0 aromatic heterocycles. The Hall–Kier alpha value is -1.10. The van der Waals surface area contributed by atoms with E-state index in [2.05, 4.69) is 0 Å². The number of hydrogen-bond acceptors (Lipinski definition) is 4. The number of aliphatic carboxylic acids is 1. The number of aliphatic hydroxyl groups excluding tert-OH is 1. The molecule has 0 rings (SSSR count). The van der Waals surface area contributed by atoms with Crippen molar-refractivity contribution in [2.75, 3.05) is 6.61 Å². The highest BCUT2D eigenvalue weighted by Crippen LogP contribution is 2.26. The lowest BCUT2D eigenvalue weighted by Crippen LogP contribution is -2.38. The van der Waals surface area contributed by atoms with E-state index in [1.54, 1.807) is 27.7 Å². The summed E-state index contributed by atoms with van der Waals surface area (Å²) in [5.74, 6) is -1.13. The van der Waals surface area contributed by atoms with Crippen molar-refractivity contribution in [3.63, 3.8) is 0 Å². The maximum Gasteiger partial charge on any atom is 0.308 e. The van der Waals surface area contributed by atoms with Gasteiger partial charge in [0.25, 0.3) is 0 Å². The lowest BCUT2D eigenvalue weighted by atomic mass is 9.81. The number of aliphatic hydroxyl groups is 1. The second-order valence-electron chi connectivity index (χ2n) is 6.93. The van der Waals surface area contributed by atoms with Gasteiger partial charge in [-0.3, -0.25) is 9.59 Å². The molecule has 0 aromatic carbocycles. The van der Waals surface area contributed by atoms with Gasteiger partial charge >= 0.3 is 11.9 Å². The summed E-state index contributed by atoms with van der Waals surface area (Å²) in [5, 5.41) is 17.9. The fourth-order valence-electron chi connectivity index (χ4n) is 1.41. The minimum absolute atomic E-state index is 0.114. The highest BCUT2D eigenvalue weighted by molar-refractivity contribution is 5.71. The highest BCUT2D eigenvalue weighted by Gasteiger charge is 2.31. The van der Waals surface area contributed by atoms with Crippen LogP contribution in [0.1, 0.15) is 55.4 Å². The van der Waals surface area contributed by atoms with Crippen molar-refractivity contribution in [1.29, 1.82) is 0 Å². The van der Waals surface area contributed by atoms with Crippen LogP contribution in [0.15, 0.2) is 0 Å². The SMILES string of the molecule is CC(C)C(=O)O.CC(C)C(=O)OCC(C)(C)C(O)C(C)C. The first kappa shape index (κ1) is 22.2. The lowest BCUT2D eigenvalue weighted by molar-refractivity contribution is -0.153. The van der Waals surface area contributed by atoms with Crippen LogP contribution in [-0.2, 0) is 14.3 Å². The molecule has 0 saturated heterocycles. The molecule has 0 amide bonds. The molecule has 126 valence electrons. The van der Waals surface area contributed by atoms with Crippen LogP contribution in [0.4, 0.5) is 0 Å². The van der Waals surface area contributed by atoms with Crippen LogP contribution in [0.2, 0.25) is 0 Å². The van der Waals surface area contributed by atoms with E-state index in [9.17, 15) is 14.7 Å². The molecule has 0 fully saturated rings. The molecule has 0 aromatic rings. The predicted molar refractivity (Wildman–Crippen MR) is 82.9 cm³/mol. The van der Waals surface area contributed by atoms with E-state index in [4.69, 9.17) is 9.84 Å². The van der Waals surface area contributed by atoms with Crippen LogP contribution in [0.5, 0.6) is 0 Å². The van der Waals surface area contributed by atoms with Crippen LogP contribution < -0.4 is 0 Å². The van der Waals surface area contributed by atoms with Gasteiger partial charge in [0, 0.05) is 5.41 Å². The second-order valence-corrected chi connectivity index (χ2v) is 6.93. The van der Waals surface area contributed by atoms with Crippen molar-refractivity contribution in [2.24, 2.45) is 23.2 Å². The Kier molecular flexibility index (Phi) is 10.3. The van der Waals surface area contributed by atoms with E-state index < -0.39 is 17.5 Å². The first-order valence-electron chi connectivity index (χ1n) is 7.40. The molecule has 0 spiro atoms. The van der Waals surface area contributed by atoms with Gasteiger partial charge in [-0.2, -0.15) is 0 Å². The van der Waals surface area contributed by atoms with Gasteiger partial charge in [-0.1, -0.05) is 55.4 Å². The number of ether oxygens (including phenoxy) is 1. The number of carbonyl (C=O) groups is 2. The molecule has 2 N–H and O–H groups in total. The first-order chi connectivity index (χ1) is 9.32. The average molecular weight is 304 g/mol. The molecule has 0 bridgehead atoms. The third-order valence-corrected chi connectivity index (χ3v) is 2.98. The summed E-state index contributed by atoms with van der Waals surface area (Å²) in [5.41, 5.74) is -0.390. The second kappa shape index (κ2) is 9.77. The third-order valence-electron chi connectivity index (χ3n) is 2.98. The molecular weight excluding hydrogens is 272 g/mol. The van der Waals surface area contributed by atoms with E-state index in [-0.39, 0.29) is 30.3 Å². The summed E-state index contributed by atoms with van der Waals surface area (Å²) < 4.78 is 5.14. The Morgan fingerprint density at radius 3 is 1.62 bits per heavy atom. The zero-order valence-electron chi connectivity index (χ0n) is 14.6.